The van der Waals surface area contributed by atoms with E-state index in [1.54, 1.807) is 0 Å². The van der Waals surface area contributed by atoms with Gasteiger partial charge in [0.15, 0.2) is 0 Å². The van der Waals surface area contributed by atoms with Crippen molar-refractivity contribution >= 4 is 11.0 Å². The van der Waals surface area contributed by atoms with E-state index in [1.807, 2.05) is 0 Å². The number of hydrogen-bond acceptors (Lipinski definition) is 2. The fourth-order valence-corrected chi connectivity index (χ4v) is 3.89. The highest BCUT2D eigenvalue weighted by Gasteiger charge is 2.36. The van der Waals surface area contributed by atoms with Crippen LogP contribution in [0.15, 0.2) is 18.2 Å². The number of aryl methyl sites for hydroxylation is 2. The zero-order valence-corrected chi connectivity index (χ0v) is 13.4. The zero-order chi connectivity index (χ0) is 14.9. The topological polar surface area (TPSA) is 43.8 Å². The molecule has 0 aliphatic heterocycles. The molecule has 3 heteroatoms. The van der Waals surface area contributed by atoms with Gasteiger partial charge in [0.05, 0.1) is 11.0 Å². The van der Waals surface area contributed by atoms with Crippen LogP contribution < -0.4 is 5.73 Å². The van der Waals surface area contributed by atoms with Crippen molar-refractivity contribution < 1.29 is 0 Å². The molecule has 1 aromatic heterocycles. The minimum atomic E-state index is 0.0828. The van der Waals surface area contributed by atoms with E-state index in [9.17, 15) is 0 Å². The number of imidazole rings is 1. The van der Waals surface area contributed by atoms with Gasteiger partial charge in [-0.2, -0.15) is 0 Å². The average Bonchev–Trinajstić information content (AvgIpc) is 2.69. The third kappa shape index (κ3) is 2.48. The first-order valence-corrected chi connectivity index (χ1v) is 8.37. The molecule has 0 bridgehead atoms. The quantitative estimate of drug-likeness (QED) is 0.869. The summed E-state index contributed by atoms with van der Waals surface area (Å²) in [7, 11) is 0. The Kier molecular flexibility index (Phi) is 4.03. The minimum Gasteiger partial charge on any atom is -0.329 e. The van der Waals surface area contributed by atoms with Crippen molar-refractivity contribution in [2.75, 3.05) is 6.54 Å². The smallest absolute Gasteiger partial charge is 0.117 e. The molecule has 0 unspecified atom stereocenters. The highest BCUT2D eigenvalue weighted by atomic mass is 15.1. The lowest BCUT2D eigenvalue weighted by Gasteiger charge is -2.31. The molecule has 0 radical (unpaired) electrons. The predicted molar refractivity (Wildman–Crippen MR) is 88.6 cm³/mol. The number of rotatable bonds is 3. The Labute approximate surface area is 127 Å². The molecule has 21 heavy (non-hydrogen) atoms. The Bertz CT molecular complexity index is 619. The lowest BCUT2D eigenvalue weighted by atomic mass is 9.79. The number of benzene rings is 1. The van der Waals surface area contributed by atoms with E-state index in [4.69, 9.17) is 10.7 Å². The van der Waals surface area contributed by atoms with Crippen molar-refractivity contribution in [2.45, 2.75) is 64.3 Å². The molecule has 1 aromatic carbocycles. The van der Waals surface area contributed by atoms with Gasteiger partial charge in [-0.15, -0.1) is 0 Å². The average molecular weight is 285 g/mol. The second-order valence-electron chi connectivity index (χ2n) is 6.57. The summed E-state index contributed by atoms with van der Waals surface area (Å²) in [5.41, 5.74) is 10.0. The first-order valence-electron chi connectivity index (χ1n) is 8.37. The largest absolute Gasteiger partial charge is 0.329 e. The molecular weight excluding hydrogens is 258 g/mol. The third-order valence-corrected chi connectivity index (χ3v) is 5.15. The van der Waals surface area contributed by atoms with Crippen LogP contribution in [0.25, 0.3) is 11.0 Å². The van der Waals surface area contributed by atoms with Gasteiger partial charge in [0.1, 0.15) is 5.82 Å². The van der Waals surface area contributed by atoms with E-state index in [0.717, 1.165) is 18.6 Å². The summed E-state index contributed by atoms with van der Waals surface area (Å²) in [5.74, 6) is 1.23. The highest BCUT2D eigenvalue weighted by Crippen LogP contribution is 2.38. The fourth-order valence-electron chi connectivity index (χ4n) is 3.89. The van der Waals surface area contributed by atoms with Crippen LogP contribution in [0.5, 0.6) is 0 Å². The van der Waals surface area contributed by atoms with Gasteiger partial charge in [-0.05, 0) is 44.4 Å². The maximum absolute atomic E-state index is 6.26. The lowest BCUT2D eigenvalue weighted by molar-refractivity contribution is 0.347. The van der Waals surface area contributed by atoms with Crippen molar-refractivity contribution in [1.82, 2.24) is 9.55 Å². The summed E-state index contributed by atoms with van der Waals surface area (Å²) in [5, 5.41) is 0. The number of aromatic nitrogens is 2. The molecule has 3 rings (SSSR count). The van der Waals surface area contributed by atoms with Gasteiger partial charge in [0.25, 0.3) is 0 Å². The Morgan fingerprint density at radius 3 is 2.52 bits per heavy atom. The van der Waals surface area contributed by atoms with Gasteiger partial charge in [0, 0.05) is 18.5 Å². The molecule has 0 saturated heterocycles. The lowest BCUT2D eigenvalue weighted by Crippen LogP contribution is -2.37. The molecule has 1 aliphatic rings. The van der Waals surface area contributed by atoms with Gasteiger partial charge in [-0.3, -0.25) is 0 Å². The Morgan fingerprint density at radius 1 is 1.19 bits per heavy atom. The molecule has 2 aromatic rings. The van der Waals surface area contributed by atoms with Crippen LogP contribution in [0.2, 0.25) is 0 Å². The van der Waals surface area contributed by atoms with E-state index in [-0.39, 0.29) is 5.41 Å². The van der Waals surface area contributed by atoms with Crippen LogP contribution in [0.3, 0.4) is 0 Å². The van der Waals surface area contributed by atoms with E-state index in [0.29, 0.717) is 0 Å². The van der Waals surface area contributed by atoms with E-state index < -0.39 is 0 Å². The molecule has 1 heterocycles. The molecule has 0 spiro atoms. The Morgan fingerprint density at radius 2 is 1.90 bits per heavy atom. The van der Waals surface area contributed by atoms with Crippen LogP contribution in [0, 0.1) is 6.92 Å². The molecule has 3 nitrogen and oxygen atoms in total. The van der Waals surface area contributed by atoms with Gasteiger partial charge >= 0.3 is 0 Å². The molecule has 2 N–H and O–H groups in total. The summed E-state index contributed by atoms with van der Waals surface area (Å²) in [6.45, 7) is 6.03. The van der Waals surface area contributed by atoms with Crippen molar-refractivity contribution in [3.63, 3.8) is 0 Å². The van der Waals surface area contributed by atoms with E-state index in [1.165, 1.54) is 55.4 Å². The third-order valence-electron chi connectivity index (χ3n) is 5.15. The number of hydrogen-bond donors (Lipinski definition) is 1. The molecule has 1 fully saturated rings. The number of nitrogens with zero attached hydrogens (tertiary/aromatic N) is 2. The fraction of sp³-hybridized carbons (Fsp3) is 0.611. The zero-order valence-electron chi connectivity index (χ0n) is 13.4. The van der Waals surface area contributed by atoms with Gasteiger partial charge in [0.2, 0.25) is 0 Å². The van der Waals surface area contributed by atoms with Crippen molar-refractivity contribution in [3.8, 4) is 0 Å². The standard InChI is InChI=1S/C18H27N3/c1-3-21-16-9-8-14(2)12-15(16)20-17(21)18(13-19)10-6-4-5-7-11-18/h8-9,12H,3-7,10-11,13,19H2,1-2H3. The first-order chi connectivity index (χ1) is 10.2. The SMILES string of the molecule is CCn1c(C2(CN)CCCCCC2)nc2cc(C)ccc21. The molecule has 1 saturated carbocycles. The van der Waals surface area contributed by atoms with Crippen LogP contribution in [0.1, 0.15) is 56.8 Å². The summed E-state index contributed by atoms with van der Waals surface area (Å²) in [6.07, 6.45) is 7.62. The van der Waals surface area contributed by atoms with Crippen molar-refractivity contribution in [1.29, 1.82) is 0 Å². The maximum atomic E-state index is 6.26. The highest BCUT2D eigenvalue weighted by molar-refractivity contribution is 5.77. The summed E-state index contributed by atoms with van der Waals surface area (Å²) in [4.78, 5) is 5.04. The van der Waals surface area contributed by atoms with Crippen LogP contribution in [-0.2, 0) is 12.0 Å². The van der Waals surface area contributed by atoms with Gasteiger partial charge in [-0.1, -0.05) is 31.7 Å². The summed E-state index contributed by atoms with van der Waals surface area (Å²) >= 11 is 0. The van der Waals surface area contributed by atoms with Crippen molar-refractivity contribution in [2.24, 2.45) is 5.73 Å². The summed E-state index contributed by atoms with van der Waals surface area (Å²) in [6, 6.07) is 6.60. The molecule has 114 valence electrons. The van der Waals surface area contributed by atoms with Crippen LogP contribution in [-0.4, -0.2) is 16.1 Å². The number of nitrogens with two attached hydrogens (primary N) is 1. The van der Waals surface area contributed by atoms with Gasteiger partial charge in [-0.25, -0.2) is 4.98 Å². The van der Waals surface area contributed by atoms with E-state index >= 15 is 0 Å². The maximum Gasteiger partial charge on any atom is 0.117 e. The molecule has 0 atom stereocenters. The minimum absolute atomic E-state index is 0.0828. The molecule has 1 aliphatic carbocycles. The second-order valence-corrected chi connectivity index (χ2v) is 6.57. The first kappa shape index (κ1) is 14.6. The van der Waals surface area contributed by atoms with Gasteiger partial charge < -0.3 is 10.3 Å². The van der Waals surface area contributed by atoms with E-state index in [2.05, 4.69) is 36.6 Å². The predicted octanol–water partition coefficient (Wildman–Crippen LogP) is 3.92. The summed E-state index contributed by atoms with van der Waals surface area (Å²) < 4.78 is 2.40. The molecule has 0 amide bonds. The van der Waals surface area contributed by atoms with Crippen LogP contribution >= 0.6 is 0 Å². The molecular formula is C18H27N3. The second kappa shape index (κ2) is 5.80. The van der Waals surface area contributed by atoms with Crippen LogP contribution in [0.4, 0.5) is 0 Å². The monoisotopic (exact) mass is 285 g/mol. The number of fused-ring (bicyclic) bond motifs is 1. The van der Waals surface area contributed by atoms with Crippen molar-refractivity contribution in [3.05, 3.63) is 29.6 Å². The Hall–Kier alpha value is -1.35. The normalized spacial score (nSPS) is 18.8. The Balaban J connectivity index is 2.16.